The minimum atomic E-state index is -0.481. The highest BCUT2D eigenvalue weighted by Crippen LogP contribution is 2.17. The molecule has 8 heteroatoms. The average Bonchev–Trinajstić information content (AvgIpc) is 2.55. The minimum Gasteiger partial charge on any atom is -0.444 e. The molecule has 8 nitrogen and oxygen atoms in total. The maximum atomic E-state index is 12.0. The van der Waals surface area contributed by atoms with E-state index in [9.17, 15) is 9.59 Å². The Hall–Kier alpha value is -1.99. The van der Waals surface area contributed by atoms with Crippen LogP contribution in [0.5, 0.6) is 0 Å². The second-order valence-corrected chi connectivity index (χ2v) is 8.38. The van der Waals surface area contributed by atoms with Gasteiger partial charge in [-0.2, -0.15) is 0 Å². The molecule has 1 aliphatic carbocycles. The number of carbonyl (C=O) groups excluding carboxylic acids is 2. The number of likely N-dealkylation sites (tertiary alicyclic amines) is 1. The van der Waals surface area contributed by atoms with Gasteiger partial charge in [-0.15, -0.1) is 0 Å². The summed E-state index contributed by atoms with van der Waals surface area (Å²) < 4.78 is 5.34. The third kappa shape index (κ3) is 7.64. The van der Waals surface area contributed by atoms with Crippen molar-refractivity contribution in [2.75, 3.05) is 26.7 Å². The third-order valence-electron chi connectivity index (χ3n) is 4.71. The molecule has 2 rings (SSSR count). The summed E-state index contributed by atoms with van der Waals surface area (Å²) in [5.74, 6) is 0.735. The quantitative estimate of drug-likeness (QED) is 0.497. The number of hydrogen-bond donors (Lipinski definition) is 3. The molecule has 0 bridgehead atoms. The Kier molecular flexibility index (Phi) is 7.74. The summed E-state index contributed by atoms with van der Waals surface area (Å²) in [5.41, 5.74) is -0.481. The molecule has 0 spiro atoms. The van der Waals surface area contributed by atoms with Crippen LogP contribution in [0.25, 0.3) is 0 Å². The van der Waals surface area contributed by atoms with Gasteiger partial charge >= 0.3 is 6.09 Å². The SMILES string of the molecule is CN=C(NCCC(=O)NC1CCCCC1)NC1CN(C(=O)OC(C)(C)C)C1. The molecule has 27 heavy (non-hydrogen) atoms. The Morgan fingerprint density at radius 3 is 2.33 bits per heavy atom. The second kappa shape index (κ2) is 9.80. The van der Waals surface area contributed by atoms with Gasteiger partial charge in [0.2, 0.25) is 5.91 Å². The highest BCUT2D eigenvalue weighted by Gasteiger charge is 2.34. The lowest BCUT2D eigenvalue weighted by molar-refractivity contribution is -0.121. The van der Waals surface area contributed by atoms with Crippen LogP contribution in [0, 0.1) is 0 Å². The normalized spacial score (nSPS) is 19.3. The maximum Gasteiger partial charge on any atom is 0.410 e. The number of ether oxygens (including phenoxy) is 1. The van der Waals surface area contributed by atoms with E-state index in [-0.39, 0.29) is 18.0 Å². The molecule has 1 saturated heterocycles. The van der Waals surface area contributed by atoms with Crippen LogP contribution >= 0.6 is 0 Å². The Balaban J connectivity index is 1.60. The summed E-state index contributed by atoms with van der Waals surface area (Å²) in [4.78, 5) is 29.8. The molecule has 2 amide bonds. The van der Waals surface area contributed by atoms with Crippen molar-refractivity contribution in [3.8, 4) is 0 Å². The fourth-order valence-corrected chi connectivity index (χ4v) is 3.27. The molecule has 0 unspecified atom stereocenters. The molecule has 0 aromatic heterocycles. The number of hydrogen-bond acceptors (Lipinski definition) is 4. The summed E-state index contributed by atoms with van der Waals surface area (Å²) in [6.07, 6.45) is 6.02. The molecule has 3 N–H and O–H groups in total. The lowest BCUT2D eigenvalue weighted by Crippen LogP contribution is -2.63. The summed E-state index contributed by atoms with van der Waals surface area (Å²) in [6, 6.07) is 0.484. The molecule has 0 aromatic rings. The van der Waals surface area contributed by atoms with Crippen molar-refractivity contribution in [2.45, 2.75) is 77.0 Å². The van der Waals surface area contributed by atoms with Gasteiger partial charge in [0.15, 0.2) is 5.96 Å². The zero-order chi connectivity index (χ0) is 19.9. The lowest BCUT2D eigenvalue weighted by Gasteiger charge is -2.40. The Morgan fingerprint density at radius 1 is 1.07 bits per heavy atom. The standard InChI is InChI=1S/C19H35N5O3/c1-19(2,3)27-18(26)24-12-15(13-24)23-17(20-4)21-11-10-16(25)22-14-8-6-5-7-9-14/h14-15H,5-13H2,1-4H3,(H,22,25)(H2,20,21,23). The molecule has 0 atom stereocenters. The Labute approximate surface area is 162 Å². The van der Waals surface area contributed by atoms with Crippen molar-refractivity contribution in [1.29, 1.82) is 0 Å². The van der Waals surface area contributed by atoms with E-state index in [1.807, 2.05) is 20.8 Å². The van der Waals surface area contributed by atoms with Gasteiger partial charge in [0, 0.05) is 39.1 Å². The van der Waals surface area contributed by atoms with Gasteiger partial charge in [0.1, 0.15) is 5.60 Å². The predicted octanol–water partition coefficient (Wildman–Crippen LogP) is 1.61. The highest BCUT2D eigenvalue weighted by atomic mass is 16.6. The number of guanidine groups is 1. The number of aliphatic imine (C=N–C) groups is 1. The Morgan fingerprint density at radius 2 is 1.74 bits per heavy atom. The van der Waals surface area contributed by atoms with Gasteiger partial charge in [-0.3, -0.25) is 9.79 Å². The van der Waals surface area contributed by atoms with Crippen LogP contribution in [0.15, 0.2) is 4.99 Å². The summed E-state index contributed by atoms with van der Waals surface area (Å²) in [6.45, 7) is 7.26. The van der Waals surface area contributed by atoms with E-state index >= 15 is 0 Å². The van der Waals surface area contributed by atoms with Crippen molar-refractivity contribution in [2.24, 2.45) is 4.99 Å². The van der Waals surface area contributed by atoms with Gasteiger partial charge in [-0.25, -0.2) is 4.79 Å². The highest BCUT2D eigenvalue weighted by molar-refractivity contribution is 5.82. The molecule has 2 aliphatic rings. The first-order chi connectivity index (χ1) is 12.8. The average molecular weight is 382 g/mol. The monoisotopic (exact) mass is 381 g/mol. The molecule has 2 fully saturated rings. The number of amides is 2. The third-order valence-corrected chi connectivity index (χ3v) is 4.71. The smallest absolute Gasteiger partial charge is 0.410 e. The van der Waals surface area contributed by atoms with Crippen molar-refractivity contribution in [3.05, 3.63) is 0 Å². The van der Waals surface area contributed by atoms with E-state index in [4.69, 9.17) is 4.74 Å². The first kappa shape index (κ1) is 21.3. The van der Waals surface area contributed by atoms with Crippen molar-refractivity contribution < 1.29 is 14.3 Å². The van der Waals surface area contributed by atoms with E-state index in [2.05, 4.69) is 20.9 Å². The molecule has 1 aliphatic heterocycles. The van der Waals surface area contributed by atoms with Crippen LogP contribution < -0.4 is 16.0 Å². The number of nitrogens with one attached hydrogen (secondary N) is 3. The fraction of sp³-hybridized carbons (Fsp3) is 0.842. The van der Waals surface area contributed by atoms with Crippen LogP contribution in [-0.4, -0.2) is 67.2 Å². The Bertz CT molecular complexity index is 532. The van der Waals surface area contributed by atoms with Crippen molar-refractivity contribution in [3.63, 3.8) is 0 Å². The lowest BCUT2D eigenvalue weighted by atomic mass is 9.95. The second-order valence-electron chi connectivity index (χ2n) is 8.38. The predicted molar refractivity (Wildman–Crippen MR) is 106 cm³/mol. The van der Waals surface area contributed by atoms with Crippen molar-refractivity contribution in [1.82, 2.24) is 20.9 Å². The van der Waals surface area contributed by atoms with Gasteiger partial charge in [-0.05, 0) is 33.6 Å². The van der Waals surface area contributed by atoms with Gasteiger partial charge in [0.25, 0.3) is 0 Å². The number of rotatable bonds is 5. The summed E-state index contributed by atoms with van der Waals surface area (Å²) in [5, 5.41) is 9.54. The maximum absolute atomic E-state index is 12.0. The van der Waals surface area contributed by atoms with E-state index in [0.717, 1.165) is 12.8 Å². The molecule has 1 saturated carbocycles. The van der Waals surface area contributed by atoms with Crippen LogP contribution in [0.2, 0.25) is 0 Å². The zero-order valence-corrected chi connectivity index (χ0v) is 17.1. The molecule has 1 heterocycles. The minimum absolute atomic E-state index is 0.0876. The first-order valence-corrected chi connectivity index (χ1v) is 10.0. The van der Waals surface area contributed by atoms with E-state index in [0.29, 0.717) is 38.1 Å². The first-order valence-electron chi connectivity index (χ1n) is 10.0. The molecular formula is C19H35N5O3. The van der Waals surface area contributed by atoms with Gasteiger partial charge in [0.05, 0.1) is 6.04 Å². The van der Waals surface area contributed by atoms with Crippen LogP contribution in [0.3, 0.4) is 0 Å². The van der Waals surface area contributed by atoms with Gasteiger partial charge in [-0.1, -0.05) is 19.3 Å². The molecule has 0 radical (unpaired) electrons. The van der Waals surface area contributed by atoms with Crippen molar-refractivity contribution >= 4 is 18.0 Å². The zero-order valence-electron chi connectivity index (χ0n) is 17.1. The van der Waals surface area contributed by atoms with E-state index < -0.39 is 5.60 Å². The largest absolute Gasteiger partial charge is 0.444 e. The van der Waals surface area contributed by atoms with Crippen LogP contribution in [-0.2, 0) is 9.53 Å². The molecule has 0 aromatic carbocycles. The van der Waals surface area contributed by atoms with Crippen LogP contribution in [0.1, 0.15) is 59.3 Å². The molecule has 154 valence electrons. The van der Waals surface area contributed by atoms with E-state index in [1.54, 1.807) is 11.9 Å². The fourth-order valence-electron chi connectivity index (χ4n) is 3.27. The topological polar surface area (TPSA) is 95.1 Å². The summed E-state index contributed by atoms with van der Waals surface area (Å²) in [7, 11) is 1.70. The summed E-state index contributed by atoms with van der Waals surface area (Å²) >= 11 is 0. The number of nitrogens with zero attached hydrogens (tertiary/aromatic N) is 2. The molecular weight excluding hydrogens is 346 g/mol. The van der Waals surface area contributed by atoms with Crippen LogP contribution in [0.4, 0.5) is 4.79 Å². The van der Waals surface area contributed by atoms with E-state index in [1.165, 1.54) is 19.3 Å². The van der Waals surface area contributed by atoms with Gasteiger partial charge < -0.3 is 25.6 Å². The number of carbonyl (C=O) groups is 2.